The van der Waals surface area contributed by atoms with Crippen LogP contribution in [0.1, 0.15) is 30.7 Å². The number of carbonyl (C=O) groups is 1. The minimum absolute atomic E-state index is 0.0672. The largest absolute Gasteiger partial charge is 0.494 e. The Morgan fingerprint density at radius 1 is 1.04 bits per heavy atom. The summed E-state index contributed by atoms with van der Waals surface area (Å²) in [5, 5.41) is 3.17. The number of hydrogen-bond donors (Lipinski definition) is 2. The minimum atomic E-state index is -4.20. The summed E-state index contributed by atoms with van der Waals surface area (Å²) < 4.78 is 54.6. The van der Waals surface area contributed by atoms with Crippen molar-refractivity contribution in [2.75, 3.05) is 33.4 Å². The second-order valence-electron chi connectivity index (χ2n) is 11.0. The van der Waals surface area contributed by atoms with Gasteiger partial charge in [0.2, 0.25) is 0 Å². The quantitative estimate of drug-likeness (QED) is 0.170. The average Bonchev–Trinajstić information content (AvgIpc) is 3.47. The van der Waals surface area contributed by atoms with E-state index in [4.69, 9.17) is 49.3 Å². The molecule has 0 aliphatic carbocycles. The lowest BCUT2D eigenvalue weighted by Gasteiger charge is -2.28. The van der Waals surface area contributed by atoms with E-state index in [1.807, 2.05) is 29.2 Å². The van der Waals surface area contributed by atoms with E-state index in [0.29, 0.717) is 58.5 Å². The van der Waals surface area contributed by atoms with Crippen LogP contribution in [0.25, 0.3) is 5.69 Å². The number of hydrazine groups is 1. The fraction of sp³-hybridized carbons (Fsp3) is 0.290. The lowest BCUT2D eigenvalue weighted by molar-refractivity contribution is 0.0200. The maximum atomic E-state index is 14.4. The predicted molar refractivity (Wildman–Crippen MR) is 181 cm³/mol. The maximum absolute atomic E-state index is 14.4. The molecule has 16 heteroatoms. The van der Waals surface area contributed by atoms with Crippen LogP contribution in [0.2, 0.25) is 15.1 Å². The monoisotopic (exact) mass is 741 g/mol. The number of ether oxygens (including phenoxy) is 2. The number of halogens is 4. The highest BCUT2D eigenvalue weighted by Crippen LogP contribution is 2.39. The molecule has 4 aromatic rings. The normalized spacial score (nSPS) is 14.2. The van der Waals surface area contributed by atoms with Gasteiger partial charge in [-0.1, -0.05) is 72.5 Å². The number of hydrogen-bond acceptors (Lipinski definition) is 8. The standard InChI is InChI=1S/C31H31Cl3FN5O5S2/c1-31(2,20-5-8-23(32)25(34)14-20)28-17-36-30(40(28)21-6-9-26(35)27(15-21)44-3)46-18-19-4-7-22(16-24(19)33)47(42,43)38-29(41)37-39-10-12-45-13-11-39/h4-9,14-17H,10-13,18H2,1-3H3,(H2,37,38,41). The van der Waals surface area contributed by atoms with Crippen molar-refractivity contribution in [3.05, 3.63) is 98.5 Å². The van der Waals surface area contributed by atoms with Gasteiger partial charge in [0.05, 0.1) is 52.8 Å². The zero-order valence-corrected chi connectivity index (χ0v) is 29.4. The molecule has 0 radical (unpaired) electrons. The number of urea groups is 1. The summed E-state index contributed by atoms with van der Waals surface area (Å²) in [6.45, 7) is 5.76. The van der Waals surface area contributed by atoms with Crippen molar-refractivity contribution < 1.29 is 27.1 Å². The fourth-order valence-electron chi connectivity index (χ4n) is 4.92. The molecule has 1 aliphatic heterocycles. The minimum Gasteiger partial charge on any atom is -0.494 e. The number of carbonyl (C=O) groups excluding carboxylic acids is 1. The van der Waals surface area contributed by atoms with Crippen LogP contribution in [0.5, 0.6) is 5.75 Å². The Labute approximate surface area is 291 Å². The molecule has 2 N–H and O–H groups in total. The molecule has 0 saturated carbocycles. The Hall–Kier alpha value is -3.04. The summed E-state index contributed by atoms with van der Waals surface area (Å²) in [7, 11) is -2.81. The molecule has 250 valence electrons. The van der Waals surface area contributed by atoms with Gasteiger partial charge in [-0.3, -0.25) is 9.99 Å². The van der Waals surface area contributed by atoms with E-state index >= 15 is 0 Å². The third-order valence-corrected chi connectivity index (χ3v) is 11.0. The summed E-state index contributed by atoms with van der Waals surface area (Å²) in [6, 6.07) is 13.3. The molecular formula is C31H31Cl3FN5O5S2. The van der Waals surface area contributed by atoms with Crippen molar-refractivity contribution in [3.63, 3.8) is 0 Å². The number of aromatic nitrogens is 2. The molecule has 0 bridgehead atoms. The second kappa shape index (κ2) is 14.6. The highest BCUT2D eigenvalue weighted by atomic mass is 35.5. The Kier molecular flexibility index (Phi) is 11.0. The van der Waals surface area contributed by atoms with Crippen LogP contribution >= 0.6 is 46.6 Å². The summed E-state index contributed by atoms with van der Waals surface area (Å²) in [6.07, 6.45) is 1.74. The van der Waals surface area contributed by atoms with Gasteiger partial charge in [-0.15, -0.1) is 0 Å². The maximum Gasteiger partial charge on any atom is 0.343 e. The van der Waals surface area contributed by atoms with Gasteiger partial charge in [0.15, 0.2) is 16.7 Å². The number of amides is 2. The lowest BCUT2D eigenvalue weighted by Crippen LogP contribution is -2.52. The first-order valence-electron chi connectivity index (χ1n) is 14.2. The van der Waals surface area contributed by atoms with Crippen LogP contribution in [-0.4, -0.2) is 62.4 Å². The fourth-order valence-corrected chi connectivity index (χ4v) is 7.54. The Bertz CT molecular complexity index is 1900. The van der Waals surface area contributed by atoms with Crippen molar-refractivity contribution >= 4 is 62.6 Å². The molecule has 47 heavy (non-hydrogen) atoms. The van der Waals surface area contributed by atoms with E-state index in [1.54, 1.807) is 41.5 Å². The molecular weight excluding hydrogens is 712 g/mol. The summed E-state index contributed by atoms with van der Waals surface area (Å²) in [4.78, 5) is 16.9. The van der Waals surface area contributed by atoms with Crippen molar-refractivity contribution in [2.45, 2.75) is 35.1 Å². The SMILES string of the molecule is COc1cc(-n2c(C(C)(C)c3ccc(Cl)c(Cl)c3)cnc2SCc2ccc(S(=O)(=O)NC(=O)NN3CCOCC3)cc2Cl)ccc1F. The van der Waals surface area contributed by atoms with Gasteiger partial charge in [0, 0.05) is 35.3 Å². The molecule has 0 unspecified atom stereocenters. The van der Waals surface area contributed by atoms with Crippen LogP contribution in [0.4, 0.5) is 9.18 Å². The van der Waals surface area contributed by atoms with E-state index in [0.717, 1.165) is 11.3 Å². The molecule has 2 heterocycles. The first-order chi connectivity index (χ1) is 22.3. The van der Waals surface area contributed by atoms with E-state index in [9.17, 15) is 17.6 Å². The first kappa shape index (κ1) is 35.3. The molecule has 2 amide bonds. The number of nitrogens with zero attached hydrogens (tertiary/aromatic N) is 3. The summed E-state index contributed by atoms with van der Waals surface area (Å²) in [5.41, 5.74) is 4.78. The van der Waals surface area contributed by atoms with Gasteiger partial charge in [-0.05, 0) is 47.5 Å². The van der Waals surface area contributed by atoms with E-state index in [2.05, 4.69) is 5.43 Å². The van der Waals surface area contributed by atoms with Crippen LogP contribution in [-0.2, 0) is 25.9 Å². The smallest absolute Gasteiger partial charge is 0.343 e. The van der Waals surface area contributed by atoms with Crippen LogP contribution in [0, 0.1) is 5.82 Å². The number of thioether (sulfide) groups is 1. The molecule has 5 rings (SSSR count). The summed E-state index contributed by atoms with van der Waals surface area (Å²) in [5.74, 6) is -0.130. The van der Waals surface area contributed by atoms with Gasteiger partial charge in [0.25, 0.3) is 10.0 Å². The number of rotatable bonds is 10. The zero-order chi connectivity index (χ0) is 33.9. The van der Waals surface area contributed by atoms with E-state index in [-0.39, 0.29) is 15.7 Å². The molecule has 1 aliphatic rings. The lowest BCUT2D eigenvalue weighted by atomic mass is 9.81. The van der Waals surface area contributed by atoms with Gasteiger partial charge in [-0.2, -0.15) is 0 Å². The molecule has 10 nitrogen and oxygen atoms in total. The summed E-state index contributed by atoms with van der Waals surface area (Å²) >= 11 is 20.5. The highest BCUT2D eigenvalue weighted by Gasteiger charge is 2.30. The van der Waals surface area contributed by atoms with Gasteiger partial charge in [-0.25, -0.2) is 32.3 Å². The van der Waals surface area contributed by atoms with Crippen molar-refractivity contribution in [1.82, 2.24) is 24.7 Å². The first-order valence-corrected chi connectivity index (χ1v) is 17.9. The molecule has 3 aromatic carbocycles. The molecule has 0 spiro atoms. The second-order valence-corrected chi connectivity index (χ2v) is 14.9. The average molecular weight is 743 g/mol. The number of benzene rings is 3. The molecule has 1 aromatic heterocycles. The van der Waals surface area contributed by atoms with Gasteiger partial charge in [0.1, 0.15) is 0 Å². The van der Waals surface area contributed by atoms with E-state index < -0.39 is 27.3 Å². The molecule has 1 saturated heterocycles. The Morgan fingerprint density at radius 3 is 2.47 bits per heavy atom. The molecule has 0 atom stereocenters. The Morgan fingerprint density at radius 2 is 1.79 bits per heavy atom. The number of sulfonamides is 1. The van der Waals surface area contributed by atoms with Crippen LogP contribution in [0.3, 0.4) is 0 Å². The van der Waals surface area contributed by atoms with Gasteiger partial charge >= 0.3 is 6.03 Å². The molecule has 1 fully saturated rings. The van der Waals surface area contributed by atoms with Crippen LogP contribution < -0.4 is 14.9 Å². The van der Waals surface area contributed by atoms with Crippen molar-refractivity contribution in [3.8, 4) is 11.4 Å². The zero-order valence-electron chi connectivity index (χ0n) is 25.5. The van der Waals surface area contributed by atoms with E-state index in [1.165, 1.54) is 37.1 Å². The topological polar surface area (TPSA) is 115 Å². The third-order valence-electron chi connectivity index (χ3n) is 7.59. The number of methoxy groups -OCH3 is 1. The predicted octanol–water partition coefficient (Wildman–Crippen LogP) is 6.83. The third kappa shape index (κ3) is 7.99. The number of imidazole rings is 1. The Balaban J connectivity index is 1.41. The van der Waals surface area contributed by atoms with Crippen molar-refractivity contribution in [1.29, 1.82) is 0 Å². The number of morpholine rings is 1. The highest BCUT2D eigenvalue weighted by molar-refractivity contribution is 7.98. The van der Waals surface area contributed by atoms with Gasteiger partial charge < -0.3 is 9.47 Å². The van der Waals surface area contributed by atoms with Crippen molar-refractivity contribution in [2.24, 2.45) is 0 Å². The number of nitrogens with one attached hydrogen (secondary N) is 2. The van der Waals surface area contributed by atoms with Crippen LogP contribution in [0.15, 0.2) is 70.8 Å².